The first-order valence-corrected chi connectivity index (χ1v) is 8.45. The Labute approximate surface area is 141 Å². The van der Waals surface area contributed by atoms with Crippen molar-refractivity contribution in [3.63, 3.8) is 0 Å². The zero-order chi connectivity index (χ0) is 17.3. The molecule has 0 atom stereocenters. The fourth-order valence-corrected chi connectivity index (χ4v) is 3.36. The van der Waals surface area contributed by atoms with E-state index in [2.05, 4.69) is 4.98 Å². The predicted octanol–water partition coefficient (Wildman–Crippen LogP) is 3.84. The summed E-state index contributed by atoms with van der Waals surface area (Å²) >= 11 is 5.75. The fourth-order valence-electron chi connectivity index (χ4n) is 2.00. The number of sulfone groups is 1. The van der Waals surface area contributed by atoms with Crippen LogP contribution in [-0.2, 0) is 9.84 Å². The fraction of sp³-hybridized carbons (Fsp3) is 0. The number of oxazole rings is 1. The second-order valence-electron chi connectivity index (χ2n) is 4.73. The normalized spacial score (nSPS) is 11.2. The maximum atomic E-state index is 13.0. The zero-order valence-corrected chi connectivity index (χ0v) is 13.5. The van der Waals surface area contributed by atoms with Gasteiger partial charge in [-0.05, 0) is 48.5 Å². The van der Waals surface area contributed by atoms with Crippen LogP contribution in [0.5, 0.6) is 0 Å². The van der Waals surface area contributed by atoms with Gasteiger partial charge < -0.3 is 4.42 Å². The van der Waals surface area contributed by atoms with Crippen LogP contribution in [-0.4, -0.2) is 13.4 Å². The van der Waals surface area contributed by atoms with Crippen LogP contribution >= 0.6 is 11.6 Å². The summed E-state index contributed by atoms with van der Waals surface area (Å²) in [7, 11) is -4.08. The van der Waals surface area contributed by atoms with Crippen LogP contribution in [0.1, 0.15) is 5.69 Å². The number of aromatic nitrogens is 1. The van der Waals surface area contributed by atoms with Crippen molar-refractivity contribution >= 4 is 21.4 Å². The van der Waals surface area contributed by atoms with Crippen molar-refractivity contribution in [3.8, 4) is 17.5 Å². The minimum absolute atomic E-state index is 0.0785. The Bertz CT molecular complexity index is 1040. The van der Waals surface area contributed by atoms with Gasteiger partial charge in [-0.1, -0.05) is 11.6 Å². The second-order valence-corrected chi connectivity index (χ2v) is 7.02. The van der Waals surface area contributed by atoms with Gasteiger partial charge >= 0.3 is 0 Å². The SMILES string of the molecule is N#Cc1nc(-c2ccc(F)cc2)oc1S(=O)(=O)c1ccc(Cl)cc1. The Hall–Kier alpha value is -2.69. The smallest absolute Gasteiger partial charge is 0.261 e. The average molecular weight is 363 g/mol. The van der Waals surface area contributed by atoms with Crippen LogP contribution in [0.3, 0.4) is 0 Å². The number of hydrogen-bond acceptors (Lipinski definition) is 5. The highest BCUT2D eigenvalue weighted by Gasteiger charge is 2.28. The molecule has 120 valence electrons. The lowest BCUT2D eigenvalue weighted by Gasteiger charge is -2.01. The van der Waals surface area contributed by atoms with E-state index in [9.17, 15) is 12.8 Å². The predicted molar refractivity (Wildman–Crippen MR) is 83.5 cm³/mol. The molecule has 2 aromatic carbocycles. The first-order chi connectivity index (χ1) is 11.4. The summed E-state index contributed by atoms with van der Waals surface area (Å²) in [5.74, 6) is -0.543. The van der Waals surface area contributed by atoms with Crippen LogP contribution in [0.4, 0.5) is 4.39 Å². The molecule has 0 N–H and O–H groups in total. The Morgan fingerprint density at radius 2 is 1.71 bits per heavy atom. The molecule has 0 bridgehead atoms. The molecule has 3 rings (SSSR count). The molecule has 3 aromatic rings. The van der Waals surface area contributed by atoms with E-state index in [0.717, 1.165) is 0 Å². The molecule has 8 heteroatoms. The van der Waals surface area contributed by atoms with Crippen molar-refractivity contribution in [1.82, 2.24) is 4.98 Å². The van der Waals surface area contributed by atoms with Crippen molar-refractivity contribution < 1.29 is 17.2 Å². The van der Waals surface area contributed by atoms with E-state index in [1.165, 1.54) is 48.5 Å². The van der Waals surface area contributed by atoms with E-state index in [1.807, 2.05) is 0 Å². The molecule has 0 amide bonds. The van der Waals surface area contributed by atoms with Crippen LogP contribution in [0.25, 0.3) is 11.5 Å². The second kappa shape index (κ2) is 6.07. The van der Waals surface area contributed by atoms with Gasteiger partial charge in [-0.25, -0.2) is 12.8 Å². The van der Waals surface area contributed by atoms with Crippen LogP contribution in [0.2, 0.25) is 5.02 Å². The van der Waals surface area contributed by atoms with Gasteiger partial charge in [0.25, 0.3) is 5.09 Å². The number of rotatable bonds is 3. The molecule has 0 unspecified atom stereocenters. The number of hydrogen-bond donors (Lipinski definition) is 0. The summed E-state index contributed by atoms with van der Waals surface area (Å²) in [6.07, 6.45) is 0. The van der Waals surface area contributed by atoms with Gasteiger partial charge in [0.2, 0.25) is 15.7 Å². The van der Waals surface area contributed by atoms with Gasteiger partial charge in [-0.15, -0.1) is 0 Å². The third kappa shape index (κ3) is 2.89. The third-order valence-electron chi connectivity index (χ3n) is 3.16. The summed E-state index contributed by atoms with van der Waals surface area (Å²) in [5.41, 5.74) is -0.0188. The Balaban J connectivity index is 2.13. The lowest BCUT2D eigenvalue weighted by Crippen LogP contribution is -2.02. The van der Waals surface area contributed by atoms with Crippen molar-refractivity contribution in [2.24, 2.45) is 0 Å². The maximum absolute atomic E-state index is 13.0. The molecule has 0 radical (unpaired) electrons. The highest BCUT2D eigenvalue weighted by molar-refractivity contribution is 7.91. The summed E-state index contributed by atoms with van der Waals surface area (Å²) in [4.78, 5) is 3.80. The molecule has 24 heavy (non-hydrogen) atoms. The largest absolute Gasteiger partial charge is 0.423 e. The molecule has 0 saturated heterocycles. The van der Waals surface area contributed by atoms with Crippen molar-refractivity contribution in [3.05, 3.63) is 65.1 Å². The number of benzene rings is 2. The van der Waals surface area contributed by atoms with Gasteiger partial charge in [0.05, 0.1) is 4.90 Å². The molecule has 0 aliphatic rings. The van der Waals surface area contributed by atoms with E-state index < -0.39 is 20.7 Å². The van der Waals surface area contributed by atoms with E-state index in [-0.39, 0.29) is 16.5 Å². The topological polar surface area (TPSA) is 84.0 Å². The van der Waals surface area contributed by atoms with Crippen molar-refractivity contribution in [2.75, 3.05) is 0 Å². The van der Waals surface area contributed by atoms with E-state index in [0.29, 0.717) is 10.6 Å². The van der Waals surface area contributed by atoms with E-state index >= 15 is 0 Å². The molecule has 1 heterocycles. The quantitative estimate of drug-likeness (QED) is 0.706. The molecular weight excluding hydrogens is 355 g/mol. The van der Waals surface area contributed by atoms with Gasteiger partial charge in [0.1, 0.15) is 11.9 Å². The van der Waals surface area contributed by atoms with Gasteiger partial charge in [-0.2, -0.15) is 10.2 Å². The Morgan fingerprint density at radius 1 is 1.08 bits per heavy atom. The van der Waals surface area contributed by atoms with Gasteiger partial charge in [-0.3, -0.25) is 0 Å². The highest BCUT2D eigenvalue weighted by atomic mass is 35.5. The van der Waals surface area contributed by atoms with Gasteiger partial charge in [0, 0.05) is 10.6 Å². The Kier molecular flexibility index (Phi) is 4.09. The van der Waals surface area contributed by atoms with Crippen LogP contribution in [0.15, 0.2) is 62.9 Å². The Morgan fingerprint density at radius 3 is 2.29 bits per heavy atom. The number of halogens is 2. The van der Waals surface area contributed by atoms with Gasteiger partial charge in [0.15, 0.2) is 5.69 Å². The van der Waals surface area contributed by atoms with E-state index in [1.54, 1.807) is 6.07 Å². The molecule has 5 nitrogen and oxygen atoms in total. The summed E-state index contributed by atoms with van der Waals surface area (Å²) in [6, 6.07) is 12.2. The number of nitrogens with zero attached hydrogens (tertiary/aromatic N) is 2. The summed E-state index contributed by atoms with van der Waals surface area (Å²) in [5, 5.41) is 8.97. The maximum Gasteiger partial charge on any atom is 0.261 e. The molecule has 0 saturated carbocycles. The lowest BCUT2D eigenvalue weighted by atomic mass is 10.2. The molecule has 0 aliphatic heterocycles. The average Bonchev–Trinajstić information content (AvgIpc) is 3.01. The monoisotopic (exact) mass is 362 g/mol. The lowest BCUT2D eigenvalue weighted by molar-refractivity contribution is 0.457. The third-order valence-corrected chi connectivity index (χ3v) is 5.07. The minimum atomic E-state index is -4.08. The number of nitriles is 1. The molecule has 0 aliphatic carbocycles. The molecule has 0 fully saturated rings. The molecule has 0 spiro atoms. The standard InChI is InChI=1S/C16H8ClFN2O3S/c17-11-3-7-13(8-4-11)24(21,22)16-14(9-19)20-15(23-16)10-1-5-12(18)6-2-10/h1-8H. The highest BCUT2D eigenvalue weighted by Crippen LogP contribution is 2.29. The molecular formula is C16H8ClFN2O3S. The van der Waals surface area contributed by atoms with Crippen molar-refractivity contribution in [2.45, 2.75) is 9.99 Å². The minimum Gasteiger partial charge on any atom is -0.423 e. The summed E-state index contributed by atoms with van der Waals surface area (Å²) < 4.78 is 43.6. The molecule has 1 aromatic heterocycles. The zero-order valence-electron chi connectivity index (χ0n) is 11.9. The van der Waals surface area contributed by atoms with Crippen LogP contribution < -0.4 is 0 Å². The summed E-state index contributed by atoms with van der Waals surface area (Å²) in [6.45, 7) is 0. The van der Waals surface area contributed by atoms with Crippen molar-refractivity contribution in [1.29, 1.82) is 5.26 Å². The first kappa shape index (κ1) is 16.2. The first-order valence-electron chi connectivity index (χ1n) is 6.59. The van der Waals surface area contributed by atoms with E-state index in [4.69, 9.17) is 21.3 Å². The van der Waals surface area contributed by atoms with Crippen LogP contribution in [0, 0.1) is 17.1 Å².